The Hall–Kier alpha value is -6.17. The van der Waals surface area contributed by atoms with E-state index in [0.717, 1.165) is 50.3 Å². The van der Waals surface area contributed by atoms with Crippen molar-refractivity contribution in [2.75, 3.05) is 32.9 Å². The van der Waals surface area contributed by atoms with Crippen molar-refractivity contribution < 1.29 is 42.1 Å². The number of rotatable bonds is 14. The summed E-state index contributed by atoms with van der Waals surface area (Å²) in [4.78, 5) is 52.3. The fourth-order valence-electron chi connectivity index (χ4n) is 8.86. The number of carbonyl (C=O) groups excluding carboxylic acids is 3. The predicted octanol–water partition coefficient (Wildman–Crippen LogP) is 7.17. The highest BCUT2D eigenvalue weighted by molar-refractivity contribution is 7.13. The number of para-hydroxylation sites is 1. The third-order valence-electron chi connectivity index (χ3n) is 12.1. The highest BCUT2D eigenvalue weighted by atomic mass is 32.1. The Morgan fingerprint density at radius 1 is 1.01 bits per heavy atom. The average Bonchev–Trinajstić information content (AvgIpc) is 4.00. The number of halogens is 3. The van der Waals surface area contributed by atoms with Crippen molar-refractivity contribution in [1.29, 1.82) is 0 Å². The Bertz CT molecular complexity index is 2750. The minimum Gasteiger partial charge on any atom is -0.481 e. The number of aliphatic hydroxyl groups is 1. The van der Waals surface area contributed by atoms with Gasteiger partial charge in [0.25, 0.3) is 0 Å². The Morgan fingerprint density at radius 2 is 1.71 bits per heavy atom. The number of nitrogens with one attached hydrogen (secondary N) is 3. The summed E-state index contributed by atoms with van der Waals surface area (Å²) in [5.41, 5.74) is 4.46. The summed E-state index contributed by atoms with van der Waals surface area (Å²) in [5.74, 6) is 7.25. The number of hydrogen-bond acceptors (Lipinski definition) is 9. The molecule has 4 heterocycles. The molecule has 68 heavy (non-hydrogen) atoms. The molecular formula is C52H57F3N6O6S. The molecule has 0 aliphatic carbocycles. The molecular weight excluding hydrogens is 894 g/mol. The molecule has 2 aromatic heterocycles. The number of aliphatic hydroxyl groups excluding tert-OH is 1. The second-order valence-corrected chi connectivity index (χ2v) is 19.9. The van der Waals surface area contributed by atoms with Crippen LogP contribution in [-0.2, 0) is 32.1 Å². The fourth-order valence-corrected chi connectivity index (χ4v) is 9.67. The van der Waals surface area contributed by atoms with E-state index in [-0.39, 0.29) is 56.6 Å². The van der Waals surface area contributed by atoms with Crippen LogP contribution in [0.4, 0.5) is 13.2 Å². The fraction of sp³-hybridized carbons (Fsp3) is 0.423. The van der Waals surface area contributed by atoms with Crippen molar-refractivity contribution in [3.8, 4) is 39.9 Å². The third kappa shape index (κ3) is 11.7. The Kier molecular flexibility index (Phi) is 15.4. The number of ether oxygens (including phenoxy) is 2. The maximum Gasteiger partial charge on any atom is 0.246 e. The van der Waals surface area contributed by atoms with Crippen LogP contribution in [0.1, 0.15) is 82.1 Å². The maximum absolute atomic E-state index is 16.0. The van der Waals surface area contributed by atoms with Gasteiger partial charge < -0.3 is 35.1 Å². The SMILES string of the molecule is Cc1ncsc1-c1ccc(CNC(=O)[C@@H]2C[C@@H](O)CN2C(=O)[C@@H](NC(=O)COCC#CC#CCOc2cc(F)c([C@@H]3c4[nH]c5ccccc5c4C[C@@H](C)N3CC(C)(C)F)c(F)c2)C(C)(C)C)cc1. The molecule has 7 rings (SSSR count). The van der Waals surface area contributed by atoms with Gasteiger partial charge in [0.15, 0.2) is 0 Å². The standard InChI is InChI=1S/C52H57F3N6O6S/c1-31-22-38-37-14-10-11-15-41(37)58-45(38)46(61(31)29-52(6,7)55)44-39(53)24-36(25-40(44)54)67-21-13-9-8-12-20-66-28-43(63)59-48(51(3,4)5)50(65)60-27-35(62)23-42(60)49(64)56-26-33-16-18-34(19-17-33)47-32(2)57-30-68-47/h10-11,14-19,24-25,30-31,35,42,46,48,58,62H,20-23,26-29H2,1-7H3,(H,56,64)(H,59,63)/t31-,35-,42+,46-,48-/m1/s1. The number of fused-ring (bicyclic) bond motifs is 3. The molecule has 5 aromatic rings. The zero-order valence-corrected chi connectivity index (χ0v) is 40.1. The lowest BCUT2D eigenvalue weighted by Crippen LogP contribution is -2.58. The van der Waals surface area contributed by atoms with Crippen molar-refractivity contribution >= 4 is 40.0 Å². The molecule has 16 heteroatoms. The topological polar surface area (TPSA) is 149 Å². The van der Waals surface area contributed by atoms with Gasteiger partial charge in [-0.2, -0.15) is 0 Å². The first kappa shape index (κ1) is 49.7. The molecule has 0 spiro atoms. The van der Waals surface area contributed by atoms with Crippen LogP contribution in [0.2, 0.25) is 0 Å². The van der Waals surface area contributed by atoms with Crippen LogP contribution in [0.5, 0.6) is 5.75 Å². The number of amides is 3. The van der Waals surface area contributed by atoms with Crippen LogP contribution in [0.15, 0.2) is 66.2 Å². The smallest absolute Gasteiger partial charge is 0.246 e. The molecule has 2 aliphatic rings. The summed E-state index contributed by atoms with van der Waals surface area (Å²) in [6.45, 7) is 11.4. The number of aryl methyl sites for hydroxylation is 1. The Morgan fingerprint density at radius 3 is 2.37 bits per heavy atom. The predicted molar refractivity (Wildman–Crippen MR) is 255 cm³/mol. The van der Waals surface area contributed by atoms with Gasteiger partial charge in [0.1, 0.15) is 55.0 Å². The second-order valence-electron chi connectivity index (χ2n) is 19.0. The molecule has 1 fully saturated rings. The number of thiazole rings is 1. The molecule has 0 saturated carbocycles. The number of benzene rings is 3. The van der Waals surface area contributed by atoms with Crippen LogP contribution in [0, 0.1) is 47.7 Å². The maximum atomic E-state index is 16.0. The van der Waals surface area contributed by atoms with Gasteiger partial charge in [-0.3, -0.25) is 19.3 Å². The lowest BCUT2D eigenvalue weighted by atomic mass is 9.85. The number of hydrogen-bond donors (Lipinski definition) is 4. The normalized spacial score (nSPS) is 18.8. The van der Waals surface area contributed by atoms with Gasteiger partial charge in [0.2, 0.25) is 17.7 Å². The minimum absolute atomic E-state index is 0.0417. The number of likely N-dealkylation sites (tertiary alicyclic amines) is 1. The zero-order valence-electron chi connectivity index (χ0n) is 39.3. The Labute approximate surface area is 399 Å². The first-order chi connectivity index (χ1) is 32.3. The molecule has 358 valence electrons. The van der Waals surface area contributed by atoms with Gasteiger partial charge in [-0.25, -0.2) is 18.2 Å². The molecule has 0 bridgehead atoms. The van der Waals surface area contributed by atoms with Gasteiger partial charge in [-0.15, -0.1) is 11.3 Å². The summed E-state index contributed by atoms with van der Waals surface area (Å²) < 4.78 is 58.1. The molecule has 3 aromatic carbocycles. The van der Waals surface area contributed by atoms with Crippen LogP contribution in [-0.4, -0.2) is 105 Å². The number of β-amino-alcohol motifs (C(OH)–C–C–N with tert-alkyl or cyclic N) is 1. The lowest BCUT2D eigenvalue weighted by Gasteiger charge is -2.43. The summed E-state index contributed by atoms with van der Waals surface area (Å²) in [5, 5.41) is 17.1. The van der Waals surface area contributed by atoms with Crippen molar-refractivity contribution in [1.82, 2.24) is 30.4 Å². The number of H-pyrrole nitrogens is 1. The van der Waals surface area contributed by atoms with Crippen LogP contribution in [0.25, 0.3) is 21.3 Å². The summed E-state index contributed by atoms with van der Waals surface area (Å²) in [7, 11) is 0. The van der Waals surface area contributed by atoms with Gasteiger partial charge in [0.05, 0.1) is 28.2 Å². The molecule has 1 saturated heterocycles. The van der Waals surface area contributed by atoms with E-state index in [1.165, 1.54) is 18.7 Å². The number of aromatic nitrogens is 2. The van der Waals surface area contributed by atoms with E-state index in [4.69, 9.17) is 9.47 Å². The molecule has 4 N–H and O–H groups in total. The highest BCUT2D eigenvalue weighted by Crippen LogP contribution is 2.44. The molecule has 12 nitrogen and oxygen atoms in total. The first-order valence-electron chi connectivity index (χ1n) is 22.5. The Balaban J connectivity index is 0.895. The van der Waals surface area contributed by atoms with Gasteiger partial charge in [-0.05, 0) is 80.0 Å². The van der Waals surface area contributed by atoms with Crippen molar-refractivity contribution in [2.45, 2.75) is 104 Å². The van der Waals surface area contributed by atoms with Crippen LogP contribution < -0.4 is 15.4 Å². The number of carbonyl (C=O) groups is 3. The van der Waals surface area contributed by atoms with E-state index in [9.17, 15) is 19.5 Å². The minimum atomic E-state index is -1.63. The summed E-state index contributed by atoms with van der Waals surface area (Å²) in [6.07, 6.45) is -0.270. The molecule has 3 amide bonds. The number of alkyl halides is 1. The van der Waals surface area contributed by atoms with Crippen molar-refractivity contribution in [3.63, 3.8) is 0 Å². The van der Waals surface area contributed by atoms with E-state index in [1.54, 1.807) is 42.5 Å². The first-order valence-corrected chi connectivity index (χ1v) is 23.4. The van der Waals surface area contributed by atoms with E-state index >= 15 is 13.2 Å². The van der Waals surface area contributed by atoms with E-state index in [0.29, 0.717) is 12.1 Å². The van der Waals surface area contributed by atoms with Gasteiger partial charge >= 0.3 is 0 Å². The molecule has 0 unspecified atom stereocenters. The largest absolute Gasteiger partial charge is 0.481 e. The monoisotopic (exact) mass is 950 g/mol. The molecule has 2 aliphatic heterocycles. The third-order valence-corrected chi connectivity index (χ3v) is 13.0. The van der Waals surface area contributed by atoms with Crippen molar-refractivity contribution in [3.05, 3.63) is 106 Å². The number of aromatic amines is 1. The van der Waals surface area contributed by atoms with Crippen molar-refractivity contribution in [2.24, 2.45) is 5.41 Å². The van der Waals surface area contributed by atoms with E-state index < -0.39 is 71.3 Å². The van der Waals surface area contributed by atoms with Gasteiger partial charge in [-0.1, -0.05) is 69.2 Å². The second kappa shape index (κ2) is 21.0. The molecule has 0 radical (unpaired) electrons. The van der Waals surface area contributed by atoms with Gasteiger partial charge in [0, 0.05) is 66.4 Å². The van der Waals surface area contributed by atoms with Crippen LogP contribution in [0.3, 0.4) is 0 Å². The van der Waals surface area contributed by atoms with E-state index in [1.807, 2.05) is 62.4 Å². The molecule has 5 atom stereocenters. The average molecular weight is 951 g/mol. The quantitative estimate of drug-likeness (QED) is 0.0677. The zero-order chi connectivity index (χ0) is 48.9. The van der Waals surface area contributed by atoms with E-state index in [2.05, 4.69) is 44.3 Å². The van der Waals surface area contributed by atoms with Crippen LogP contribution >= 0.6 is 11.3 Å². The lowest BCUT2D eigenvalue weighted by molar-refractivity contribution is -0.144. The summed E-state index contributed by atoms with van der Waals surface area (Å²) >= 11 is 1.55. The summed E-state index contributed by atoms with van der Waals surface area (Å²) in [6, 6.07) is 14.6. The number of nitrogens with zero attached hydrogens (tertiary/aromatic N) is 3. The highest BCUT2D eigenvalue weighted by Gasteiger charge is 2.45.